The van der Waals surface area contributed by atoms with Gasteiger partial charge in [-0.2, -0.15) is 0 Å². The van der Waals surface area contributed by atoms with E-state index in [9.17, 15) is 19.2 Å². The Kier molecular flexibility index (Phi) is 8.28. The van der Waals surface area contributed by atoms with Crippen molar-refractivity contribution in [3.05, 3.63) is 0 Å². The number of carbonyl (C=O) groups is 4. The van der Waals surface area contributed by atoms with Crippen molar-refractivity contribution in [1.29, 1.82) is 0 Å². The third-order valence-corrected chi connectivity index (χ3v) is 2.79. The highest BCUT2D eigenvalue weighted by atomic mass is 16.6. The summed E-state index contributed by atoms with van der Waals surface area (Å²) in [4.78, 5) is 46.7. The van der Waals surface area contributed by atoms with Gasteiger partial charge in [-0.3, -0.25) is 14.4 Å². The minimum Gasteiger partial charge on any atom is -0.468 e. The molecule has 0 aromatic carbocycles. The van der Waals surface area contributed by atoms with Crippen molar-refractivity contribution in [3.8, 4) is 0 Å². The lowest BCUT2D eigenvalue weighted by Gasteiger charge is -2.23. The first-order valence-electron chi connectivity index (χ1n) is 7.55. The van der Waals surface area contributed by atoms with Gasteiger partial charge in [-0.05, 0) is 34.6 Å². The van der Waals surface area contributed by atoms with Gasteiger partial charge in [0.1, 0.15) is 25.5 Å². The van der Waals surface area contributed by atoms with Gasteiger partial charge >= 0.3 is 12.1 Å². The summed E-state index contributed by atoms with van der Waals surface area (Å²) in [6.07, 6.45) is -0.735. The Labute approximate surface area is 142 Å². The van der Waals surface area contributed by atoms with E-state index in [-0.39, 0.29) is 0 Å². The third kappa shape index (κ3) is 8.40. The normalized spacial score (nSPS) is 14.6. The van der Waals surface area contributed by atoms with E-state index in [0.717, 1.165) is 0 Å². The first kappa shape index (κ1) is 21.7. The Bertz CT molecular complexity index is 491. The third-order valence-electron chi connectivity index (χ3n) is 2.79. The molecule has 1 unspecified atom stereocenters. The number of amides is 3. The number of carbonyl (C=O) groups excluding carboxylic acids is 4. The van der Waals surface area contributed by atoms with Crippen LogP contribution in [0.1, 0.15) is 34.6 Å². The highest BCUT2D eigenvalue weighted by Gasteiger charge is 2.25. The molecule has 3 atom stereocenters. The topological polar surface area (TPSA) is 123 Å². The van der Waals surface area contributed by atoms with E-state index < -0.39 is 47.5 Å². The predicted molar refractivity (Wildman–Crippen MR) is 88.9 cm³/mol. The lowest BCUT2D eigenvalue weighted by Crippen LogP contribution is -2.54. The average Bonchev–Trinajstić information content (AvgIpc) is 2.43. The van der Waals surface area contributed by atoms with Gasteiger partial charge in [-0.15, -0.1) is 0 Å². The molecule has 0 bridgehead atoms. The van der Waals surface area contributed by atoms with E-state index in [1.54, 1.807) is 20.8 Å². The lowest BCUT2D eigenvalue weighted by atomic mass is 9.96. The van der Waals surface area contributed by atoms with Gasteiger partial charge in [-0.1, -0.05) is 0 Å². The number of hydrogen-bond acceptors (Lipinski definition) is 6. The molecule has 9 nitrogen and oxygen atoms in total. The fourth-order valence-corrected chi connectivity index (χ4v) is 1.53. The molecule has 0 aliphatic rings. The highest BCUT2D eigenvalue weighted by molar-refractivity contribution is 6.24. The molecule has 10 heteroatoms. The molecule has 0 heterocycles. The van der Waals surface area contributed by atoms with Gasteiger partial charge in [0, 0.05) is 0 Å². The van der Waals surface area contributed by atoms with Crippen LogP contribution in [-0.2, 0) is 23.9 Å². The second-order valence-electron chi connectivity index (χ2n) is 6.35. The van der Waals surface area contributed by atoms with Crippen LogP contribution in [0.4, 0.5) is 4.79 Å². The molecule has 136 valence electrons. The maximum Gasteiger partial charge on any atom is 0.408 e. The first-order chi connectivity index (χ1) is 10.9. The van der Waals surface area contributed by atoms with Crippen molar-refractivity contribution in [2.24, 2.45) is 0 Å². The van der Waals surface area contributed by atoms with Gasteiger partial charge in [0.15, 0.2) is 0 Å². The molecule has 0 fully saturated rings. The van der Waals surface area contributed by atoms with Crippen LogP contribution in [0.25, 0.3) is 0 Å². The summed E-state index contributed by atoms with van der Waals surface area (Å²) < 4.78 is 9.53. The number of rotatable bonds is 6. The van der Waals surface area contributed by atoms with Crippen molar-refractivity contribution in [3.63, 3.8) is 0 Å². The smallest absolute Gasteiger partial charge is 0.408 e. The van der Waals surface area contributed by atoms with Crippen molar-refractivity contribution in [2.75, 3.05) is 7.11 Å². The van der Waals surface area contributed by atoms with Crippen molar-refractivity contribution in [2.45, 2.75) is 58.2 Å². The molecule has 0 aliphatic carbocycles. The molecule has 0 aromatic rings. The van der Waals surface area contributed by atoms with Crippen LogP contribution >= 0.6 is 0 Å². The van der Waals surface area contributed by atoms with Crippen LogP contribution in [0.5, 0.6) is 0 Å². The van der Waals surface area contributed by atoms with Crippen molar-refractivity contribution >= 4 is 31.7 Å². The molecule has 0 radical (unpaired) electrons. The Balaban J connectivity index is 4.45. The van der Waals surface area contributed by atoms with Gasteiger partial charge in [-0.25, -0.2) is 4.79 Å². The molecular formula is C14H26BN3O6. The Morgan fingerprint density at radius 1 is 0.917 bits per heavy atom. The fourth-order valence-electron chi connectivity index (χ4n) is 1.53. The van der Waals surface area contributed by atoms with E-state index in [2.05, 4.69) is 20.7 Å². The van der Waals surface area contributed by atoms with Crippen LogP contribution in [0.15, 0.2) is 0 Å². The summed E-state index contributed by atoms with van der Waals surface area (Å²) in [5, 5.41) is 7.21. The van der Waals surface area contributed by atoms with Crippen LogP contribution in [0.3, 0.4) is 0 Å². The SMILES string of the molecule is B[C@H](NC(=O)C(C)NC(=O)[C@H](C)NC(=O)OC(C)(C)C)C(=O)OC. The zero-order chi connectivity index (χ0) is 19.1. The molecule has 0 saturated carbocycles. The quantitative estimate of drug-likeness (QED) is 0.405. The summed E-state index contributed by atoms with van der Waals surface area (Å²) in [7, 11) is 2.67. The van der Waals surface area contributed by atoms with E-state index in [1.807, 2.05) is 0 Å². The summed E-state index contributed by atoms with van der Waals surface area (Å²) in [5.74, 6) is -2.54. The Hall–Kier alpha value is -2.26. The summed E-state index contributed by atoms with van der Waals surface area (Å²) in [6.45, 7) is 8.02. The molecule has 0 rings (SSSR count). The molecular weight excluding hydrogens is 317 g/mol. The molecule has 0 aliphatic heterocycles. The maximum atomic E-state index is 12.0. The van der Waals surface area contributed by atoms with E-state index >= 15 is 0 Å². The van der Waals surface area contributed by atoms with Gasteiger partial charge in [0.05, 0.1) is 13.1 Å². The Morgan fingerprint density at radius 3 is 1.83 bits per heavy atom. The van der Waals surface area contributed by atoms with E-state index in [1.165, 1.54) is 28.8 Å². The van der Waals surface area contributed by atoms with Crippen LogP contribution in [0, 0.1) is 0 Å². The predicted octanol–water partition coefficient (Wildman–Crippen LogP) is -1.35. The molecule has 0 aromatic heterocycles. The summed E-state index contributed by atoms with van der Waals surface area (Å²) >= 11 is 0. The monoisotopic (exact) mass is 343 g/mol. The lowest BCUT2D eigenvalue weighted by molar-refractivity contribution is -0.142. The molecule has 0 saturated heterocycles. The van der Waals surface area contributed by atoms with Crippen molar-refractivity contribution in [1.82, 2.24) is 16.0 Å². The zero-order valence-electron chi connectivity index (χ0n) is 15.2. The number of hydrogen-bond donors (Lipinski definition) is 3. The van der Waals surface area contributed by atoms with Crippen LogP contribution in [0.2, 0.25) is 0 Å². The fraction of sp³-hybridized carbons (Fsp3) is 0.714. The largest absolute Gasteiger partial charge is 0.468 e. The summed E-state index contributed by atoms with van der Waals surface area (Å²) in [6, 6.07) is -1.79. The van der Waals surface area contributed by atoms with Gasteiger partial charge in [0.2, 0.25) is 11.8 Å². The molecule has 3 amide bonds. The minimum atomic E-state index is -0.896. The number of alkyl carbamates (subject to hydrolysis) is 1. The average molecular weight is 343 g/mol. The van der Waals surface area contributed by atoms with E-state index in [0.29, 0.717) is 0 Å². The molecule has 0 spiro atoms. The standard InChI is InChI=1S/C14H26BN3O6/c1-7(11(20)18-9(15)12(21)23-6)16-10(19)8(2)17-13(22)24-14(3,4)5/h7-9H,15H2,1-6H3,(H,16,19)(H,17,22)(H,18,20)/t7?,8-,9+/m0/s1. The summed E-state index contributed by atoms with van der Waals surface area (Å²) in [5.41, 5.74) is -0.683. The van der Waals surface area contributed by atoms with Crippen LogP contribution < -0.4 is 16.0 Å². The van der Waals surface area contributed by atoms with Gasteiger partial charge in [0.25, 0.3) is 0 Å². The molecule has 24 heavy (non-hydrogen) atoms. The van der Waals surface area contributed by atoms with Gasteiger partial charge < -0.3 is 25.4 Å². The van der Waals surface area contributed by atoms with Crippen molar-refractivity contribution < 1.29 is 28.7 Å². The second kappa shape index (κ2) is 9.14. The number of esters is 1. The number of methoxy groups -OCH3 is 1. The Morgan fingerprint density at radius 2 is 1.38 bits per heavy atom. The van der Waals surface area contributed by atoms with Crippen LogP contribution in [-0.4, -0.2) is 62.5 Å². The maximum absolute atomic E-state index is 12.0. The number of nitrogens with one attached hydrogen (secondary N) is 3. The first-order valence-corrected chi connectivity index (χ1v) is 7.55. The zero-order valence-corrected chi connectivity index (χ0v) is 15.2. The number of ether oxygens (including phenoxy) is 2. The minimum absolute atomic E-state index is 0.550. The molecule has 3 N–H and O–H groups in total. The highest BCUT2D eigenvalue weighted by Crippen LogP contribution is 2.06. The van der Waals surface area contributed by atoms with E-state index in [4.69, 9.17) is 4.74 Å². The second-order valence-corrected chi connectivity index (χ2v) is 6.35.